The van der Waals surface area contributed by atoms with E-state index in [9.17, 15) is 0 Å². The maximum absolute atomic E-state index is 6.10. The van der Waals surface area contributed by atoms with Crippen molar-refractivity contribution in [2.75, 3.05) is 6.61 Å². The number of nitrogens with zero attached hydrogens (tertiary/aromatic N) is 2. The summed E-state index contributed by atoms with van der Waals surface area (Å²) in [7, 11) is 0. The summed E-state index contributed by atoms with van der Waals surface area (Å²) < 4.78 is 10.4. The minimum absolute atomic E-state index is 0. The van der Waals surface area contributed by atoms with Crippen molar-refractivity contribution >= 4 is 11.6 Å². The van der Waals surface area contributed by atoms with E-state index in [0.29, 0.717) is 6.61 Å². The van der Waals surface area contributed by atoms with E-state index in [0.717, 1.165) is 23.7 Å². The molecule has 5 heteroatoms. The Balaban J connectivity index is 0.00000210. The molecule has 0 N–H and O–H groups in total. The van der Waals surface area contributed by atoms with Gasteiger partial charge in [-0.05, 0) is 74.7 Å². The van der Waals surface area contributed by atoms with Crippen molar-refractivity contribution in [3.8, 4) is 22.7 Å². The van der Waals surface area contributed by atoms with Gasteiger partial charge in [-0.2, -0.15) is 4.57 Å². The van der Waals surface area contributed by atoms with Crippen LogP contribution in [0.3, 0.4) is 0 Å². The molecule has 0 atom stereocenters. The van der Waals surface area contributed by atoms with Gasteiger partial charge in [-0.1, -0.05) is 11.6 Å². The van der Waals surface area contributed by atoms with Gasteiger partial charge in [-0.25, -0.2) is 4.57 Å². The van der Waals surface area contributed by atoms with Gasteiger partial charge in [0.1, 0.15) is 17.6 Å². The third-order valence-electron chi connectivity index (χ3n) is 4.95. The highest BCUT2D eigenvalue weighted by atomic mass is 79.9. The number of benzene rings is 2. The number of fused-ring (bicyclic) bond motifs is 1. The summed E-state index contributed by atoms with van der Waals surface area (Å²) in [4.78, 5) is 0. The molecular formula is C22H24BrClN2O. The molecule has 4 rings (SSSR count). The standard InChI is InChI=1S/C22H24ClN2O.BrH/c1-2-26-20-13-11-19(12-14-20)25-21(17-7-9-18(23)10-8-17)16-24-15-5-3-4-6-22(24)25;/h7-14,16H,2-6,15H2,1H3;1H/q+1;/p-1. The molecule has 27 heavy (non-hydrogen) atoms. The van der Waals surface area contributed by atoms with E-state index >= 15 is 0 Å². The van der Waals surface area contributed by atoms with E-state index < -0.39 is 0 Å². The lowest BCUT2D eigenvalue weighted by Gasteiger charge is -2.07. The first-order valence-electron chi connectivity index (χ1n) is 9.39. The van der Waals surface area contributed by atoms with Gasteiger partial charge in [0.25, 0.3) is 5.82 Å². The highest BCUT2D eigenvalue weighted by molar-refractivity contribution is 6.30. The van der Waals surface area contributed by atoms with Crippen molar-refractivity contribution in [3.05, 3.63) is 65.6 Å². The van der Waals surface area contributed by atoms with Crippen LogP contribution in [-0.2, 0) is 13.0 Å². The summed E-state index contributed by atoms with van der Waals surface area (Å²) in [6.07, 6.45) is 7.16. The van der Waals surface area contributed by atoms with Crippen LogP contribution in [0.25, 0.3) is 16.9 Å². The molecule has 0 saturated carbocycles. The van der Waals surface area contributed by atoms with Gasteiger partial charge < -0.3 is 21.7 Å². The maximum Gasteiger partial charge on any atom is 0.262 e. The lowest BCUT2D eigenvalue weighted by molar-refractivity contribution is -0.702. The minimum atomic E-state index is 0. The molecule has 0 aliphatic carbocycles. The van der Waals surface area contributed by atoms with Crippen molar-refractivity contribution < 1.29 is 26.3 Å². The monoisotopic (exact) mass is 446 g/mol. The smallest absolute Gasteiger partial charge is 0.262 e. The number of aryl methyl sites for hydroxylation is 1. The van der Waals surface area contributed by atoms with Gasteiger partial charge >= 0.3 is 0 Å². The van der Waals surface area contributed by atoms with Crippen molar-refractivity contribution in [1.29, 1.82) is 0 Å². The number of aromatic nitrogens is 2. The van der Waals surface area contributed by atoms with Crippen LogP contribution in [0.15, 0.2) is 54.7 Å². The number of hydrogen-bond donors (Lipinski definition) is 0. The van der Waals surface area contributed by atoms with Gasteiger partial charge in [0.2, 0.25) is 0 Å². The lowest BCUT2D eigenvalue weighted by Crippen LogP contribution is -3.00. The van der Waals surface area contributed by atoms with Crippen LogP contribution in [0.4, 0.5) is 0 Å². The molecule has 3 nitrogen and oxygen atoms in total. The number of rotatable bonds is 4. The first-order valence-corrected chi connectivity index (χ1v) is 9.77. The average molecular weight is 448 g/mol. The fourth-order valence-electron chi connectivity index (χ4n) is 3.71. The van der Waals surface area contributed by atoms with Crippen molar-refractivity contribution in [3.63, 3.8) is 0 Å². The maximum atomic E-state index is 6.10. The van der Waals surface area contributed by atoms with Crippen LogP contribution in [0.1, 0.15) is 32.0 Å². The van der Waals surface area contributed by atoms with E-state index in [-0.39, 0.29) is 17.0 Å². The molecule has 0 fully saturated rings. The van der Waals surface area contributed by atoms with Crippen molar-refractivity contribution in [2.24, 2.45) is 0 Å². The number of imidazole rings is 1. The molecule has 1 aromatic heterocycles. The summed E-state index contributed by atoms with van der Waals surface area (Å²) in [5.74, 6) is 2.28. The molecule has 0 amide bonds. The first-order chi connectivity index (χ1) is 12.8. The van der Waals surface area contributed by atoms with Crippen LogP contribution in [0, 0.1) is 0 Å². The summed E-state index contributed by atoms with van der Waals surface area (Å²) in [6.45, 7) is 3.78. The molecule has 0 unspecified atom stereocenters. The van der Waals surface area contributed by atoms with Crippen LogP contribution < -0.4 is 26.3 Å². The molecule has 142 valence electrons. The van der Waals surface area contributed by atoms with Gasteiger partial charge in [0.15, 0.2) is 5.69 Å². The first kappa shape index (κ1) is 20.0. The van der Waals surface area contributed by atoms with Gasteiger partial charge in [0, 0.05) is 17.0 Å². The van der Waals surface area contributed by atoms with E-state index in [1.165, 1.54) is 42.0 Å². The highest BCUT2D eigenvalue weighted by Crippen LogP contribution is 2.28. The quantitative estimate of drug-likeness (QED) is 0.561. The molecule has 1 aliphatic rings. The molecular weight excluding hydrogens is 424 g/mol. The fraction of sp³-hybridized carbons (Fsp3) is 0.318. The normalized spacial score (nSPS) is 13.4. The average Bonchev–Trinajstić information content (AvgIpc) is 2.86. The topological polar surface area (TPSA) is 18.0 Å². The van der Waals surface area contributed by atoms with Crippen molar-refractivity contribution in [1.82, 2.24) is 4.57 Å². The molecule has 3 aromatic rings. The Morgan fingerprint density at radius 3 is 2.44 bits per heavy atom. The summed E-state index contributed by atoms with van der Waals surface area (Å²) in [5, 5.41) is 0.766. The SMILES string of the molecule is CCOc1ccc(-n2c(-c3ccc(Cl)cc3)c[n+]3c2CCCCC3)cc1.[Br-]. The Kier molecular flexibility index (Phi) is 6.61. The zero-order chi connectivity index (χ0) is 17.9. The van der Waals surface area contributed by atoms with Gasteiger partial charge in [-0.15, -0.1) is 0 Å². The van der Waals surface area contributed by atoms with Crippen molar-refractivity contribution in [2.45, 2.75) is 39.2 Å². The van der Waals surface area contributed by atoms with E-state index in [2.05, 4.69) is 51.7 Å². The highest BCUT2D eigenvalue weighted by Gasteiger charge is 2.27. The molecule has 2 aromatic carbocycles. The molecule has 2 heterocycles. The predicted molar refractivity (Wildman–Crippen MR) is 105 cm³/mol. The molecule has 0 radical (unpaired) electrons. The Bertz CT molecular complexity index is 888. The minimum Gasteiger partial charge on any atom is -1.00 e. The third kappa shape index (κ3) is 4.22. The second kappa shape index (κ2) is 8.94. The number of halogens is 2. The second-order valence-electron chi connectivity index (χ2n) is 6.70. The largest absolute Gasteiger partial charge is 1.00 e. The Morgan fingerprint density at radius 2 is 1.74 bits per heavy atom. The Hall–Kier alpha value is -1.78. The number of hydrogen-bond acceptors (Lipinski definition) is 1. The van der Waals surface area contributed by atoms with Gasteiger partial charge in [-0.3, -0.25) is 0 Å². The molecule has 0 bridgehead atoms. The molecule has 0 saturated heterocycles. The third-order valence-corrected chi connectivity index (χ3v) is 5.21. The Morgan fingerprint density at radius 1 is 1.00 bits per heavy atom. The van der Waals surface area contributed by atoms with E-state index in [1.54, 1.807) is 0 Å². The zero-order valence-electron chi connectivity index (χ0n) is 15.5. The van der Waals surface area contributed by atoms with Gasteiger partial charge in [0.05, 0.1) is 13.2 Å². The van der Waals surface area contributed by atoms with Crippen LogP contribution >= 0.6 is 11.6 Å². The fourth-order valence-corrected chi connectivity index (χ4v) is 3.83. The van der Waals surface area contributed by atoms with Crippen LogP contribution in [0.2, 0.25) is 5.02 Å². The summed E-state index contributed by atoms with van der Waals surface area (Å²) >= 11 is 6.10. The summed E-state index contributed by atoms with van der Waals surface area (Å²) in [5.41, 5.74) is 3.57. The van der Waals surface area contributed by atoms with Crippen LogP contribution in [0.5, 0.6) is 5.75 Å². The number of ether oxygens (including phenoxy) is 1. The summed E-state index contributed by atoms with van der Waals surface area (Å²) in [6, 6.07) is 16.5. The zero-order valence-corrected chi connectivity index (χ0v) is 17.8. The Labute approximate surface area is 176 Å². The predicted octanol–water partition coefficient (Wildman–Crippen LogP) is 2.21. The van der Waals surface area contributed by atoms with Crippen LogP contribution in [-0.4, -0.2) is 11.2 Å². The lowest BCUT2D eigenvalue weighted by atomic mass is 10.1. The van der Waals surface area contributed by atoms with E-state index in [1.807, 2.05) is 19.1 Å². The molecule has 1 aliphatic heterocycles. The molecule has 0 spiro atoms. The second-order valence-corrected chi connectivity index (χ2v) is 7.14. The van der Waals surface area contributed by atoms with E-state index in [4.69, 9.17) is 16.3 Å².